The van der Waals surface area contributed by atoms with E-state index in [1.807, 2.05) is 30.3 Å². The molecule has 0 atom stereocenters. The number of para-hydroxylation sites is 1. The number of amides is 1. The number of hydrogen-bond donors (Lipinski definition) is 2. The molecule has 22 heavy (non-hydrogen) atoms. The topological polar surface area (TPSA) is 75.7 Å². The van der Waals surface area contributed by atoms with E-state index in [2.05, 4.69) is 4.99 Å². The van der Waals surface area contributed by atoms with Crippen LogP contribution in [0, 0.1) is 0 Å². The highest BCUT2D eigenvalue weighted by atomic mass is 16.3. The lowest BCUT2D eigenvalue weighted by atomic mass is 10.1. The highest BCUT2D eigenvalue weighted by Crippen LogP contribution is 2.25. The minimum Gasteiger partial charge on any atom is -0.507 e. The van der Waals surface area contributed by atoms with E-state index >= 15 is 0 Å². The lowest BCUT2D eigenvalue weighted by molar-refractivity contribution is 0.100. The van der Waals surface area contributed by atoms with Gasteiger partial charge in [0.2, 0.25) is 0 Å². The van der Waals surface area contributed by atoms with Crippen LogP contribution in [0.15, 0.2) is 65.7 Å². The van der Waals surface area contributed by atoms with Gasteiger partial charge in [0, 0.05) is 11.8 Å². The summed E-state index contributed by atoms with van der Waals surface area (Å²) in [6.07, 6.45) is 1.53. The van der Waals surface area contributed by atoms with Crippen molar-refractivity contribution in [1.82, 2.24) is 0 Å². The second kappa shape index (κ2) is 5.69. The zero-order valence-electron chi connectivity index (χ0n) is 11.7. The number of aliphatic imine (C=N–C) groups is 1. The Morgan fingerprint density at radius 1 is 1.00 bits per heavy atom. The van der Waals surface area contributed by atoms with Crippen LogP contribution in [-0.4, -0.2) is 17.2 Å². The molecule has 3 aromatic carbocycles. The molecule has 3 N–H and O–H groups in total. The van der Waals surface area contributed by atoms with Gasteiger partial charge in [-0.3, -0.25) is 9.79 Å². The van der Waals surface area contributed by atoms with E-state index in [1.54, 1.807) is 30.3 Å². The summed E-state index contributed by atoms with van der Waals surface area (Å²) in [5, 5.41) is 12.0. The van der Waals surface area contributed by atoms with Gasteiger partial charge in [-0.15, -0.1) is 0 Å². The molecule has 0 aliphatic rings. The van der Waals surface area contributed by atoms with Crippen LogP contribution in [0.3, 0.4) is 0 Å². The van der Waals surface area contributed by atoms with E-state index in [0.29, 0.717) is 16.8 Å². The van der Waals surface area contributed by atoms with Crippen LogP contribution in [0.2, 0.25) is 0 Å². The van der Waals surface area contributed by atoms with Crippen LogP contribution in [-0.2, 0) is 0 Å². The predicted molar refractivity (Wildman–Crippen MR) is 87.8 cm³/mol. The number of phenols is 1. The maximum absolute atomic E-state index is 11.4. The smallest absolute Gasteiger partial charge is 0.250 e. The number of rotatable bonds is 3. The zero-order valence-corrected chi connectivity index (χ0v) is 11.7. The molecule has 0 bridgehead atoms. The Morgan fingerprint density at radius 3 is 2.36 bits per heavy atom. The molecule has 108 valence electrons. The summed E-state index contributed by atoms with van der Waals surface area (Å²) in [6.45, 7) is 0. The first-order valence-corrected chi connectivity index (χ1v) is 6.80. The second-order valence-corrected chi connectivity index (χ2v) is 4.90. The molecule has 0 fully saturated rings. The lowest BCUT2D eigenvalue weighted by Crippen LogP contribution is -2.10. The molecule has 0 unspecified atom stereocenters. The van der Waals surface area contributed by atoms with Crippen LogP contribution >= 0.6 is 0 Å². The Hall–Kier alpha value is -3.14. The molecule has 0 radical (unpaired) electrons. The largest absolute Gasteiger partial charge is 0.507 e. The normalized spacial score (nSPS) is 11.1. The van der Waals surface area contributed by atoms with Gasteiger partial charge >= 0.3 is 0 Å². The van der Waals surface area contributed by atoms with Gasteiger partial charge in [0.15, 0.2) is 0 Å². The van der Waals surface area contributed by atoms with Gasteiger partial charge in [-0.2, -0.15) is 0 Å². The second-order valence-electron chi connectivity index (χ2n) is 4.90. The molecule has 1 amide bonds. The Balaban J connectivity index is 2.03. The van der Waals surface area contributed by atoms with Crippen LogP contribution in [0.5, 0.6) is 5.75 Å². The molecule has 3 aromatic rings. The fourth-order valence-corrected chi connectivity index (χ4v) is 2.28. The number of nitrogens with zero attached hydrogens (tertiary/aromatic N) is 1. The fraction of sp³-hybridized carbons (Fsp3) is 0. The summed E-state index contributed by atoms with van der Waals surface area (Å²) in [4.78, 5) is 15.7. The Bertz CT molecular complexity index is 885. The highest BCUT2D eigenvalue weighted by Gasteiger charge is 2.06. The Morgan fingerprint density at radius 2 is 1.64 bits per heavy atom. The van der Waals surface area contributed by atoms with Crippen molar-refractivity contribution < 1.29 is 9.90 Å². The van der Waals surface area contributed by atoms with Gasteiger partial charge in [-0.05, 0) is 35.0 Å². The molecule has 0 saturated heterocycles. The van der Waals surface area contributed by atoms with Gasteiger partial charge in [0.25, 0.3) is 5.91 Å². The predicted octanol–water partition coefficient (Wildman–Crippen LogP) is 3.39. The molecule has 0 aliphatic carbocycles. The summed E-state index contributed by atoms with van der Waals surface area (Å²) < 4.78 is 0. The van der Waals surface area contributed by atoms with E-state index < -0.39 is 5.91 Å². The van der Waals surface area contributed by atoms with Gasteiger partial charge < -0.3 is 10.8 Å². The number of phenolic OH excluding ortho intramolecular Hbond substituents is 1. The molecule has 3 rings (SSSR count). The summed E-state index contributed by atoms with van der Waals surface area (Å²) in [7, 11) is 0. The molecule has 0 aromatic heterocycles. The average molecular weight is 290 g/mol. The van der Waals surface area contributed by atoms with Gasteiger partial charge in [-0.1, -0.05) is 36.4 Å². The summed E-state index contributed by atoms with van der Waals surface area (Å²) in [5.74, 6) is -0.394. The maximum atomic E-state index is 11.4. The monoisotopic (exact) mass is 290 g/mol. The van der Waals surface area contributed by atoms with Crippen molar-refractivity contribution in [3.05, 3.63) is 71.8 Å². The van der Waals surface area contributed by atoms with Crippen molar-refractivity contribution in [2.24, 2.45) is 10.7 Å². The van der Waals surface area contributed by atoms with Crippen molar-refractivity contribution in [2.75, 3.05) is 0 Å². The Kier molecular flexibility index (Phi) is 3.58. The van der Waals surface area contributed by atoms with E-state index in [1.165, 1.54) is 6.21 Å². The van der Waals surface area contributed by atoms with Crippen LogP contribution in [0.1, 0.15) is 15.9 Å². The highest BCUT2D eigenvalue weighted by molar-refractivity contribution is 6.00. The van der Waals surface area contributed by atoms with Crippen molar-refractivity contribution in [3.63, 3.8) is 0 Å². The van der Waals surface area contributed by atoms with Crippen LogP contribution in [0.4, 0.5) is 5.69 Å². The number of nitrogens with two attached hydrogens (primary N) is 1. The minimum absolute atomic E-state index is 0.138. The third-order valence-electron chi connectivity index (χ3n) is 3.41. The van der Waals surface area contributed by atoms with Gasteiger partial charge in [0.1, 0.15) is 5.75 Å². The third kappa shape index (κ3) is 2.67. The first kappa shape index (κ1) is 13.8. The van der Waals surface area contributed by atoms with Crippen molar-refractivity contribution in [2.45, 2.75) is 0 Å². The first-order valence-electron chi connectivity index (χ1n) is 6.80. The lowest BCUT2D eigenvalue weighted by Gasteiger charge is -2.04. The molecule has 0 saturated carbocycles. The molecule has 0 spiro atoms. The van der Waals surface area contributed by atoms with E-state index in [9.17, 15) is 9.90 Å². The van der Waals surface area contributed by atoms with E-state index in [0.717, 1.165) is 10.8 Å². The number of carbonyl (C=O) groups excluding carboxylic acids is 1. The van der Waals surface area contributed by atoms with Crippen molar-refractivity contribution in [1.29, 1.82) is 0 Å². The number of fused-ring (bicyclic) bond motifs is 1. The number of aromatic hydroxyl groups is 1. The fourth-order valence-electron chi connectivity index (χ4n) is 2.28. The number of primary amides is 1. The number of benzene rings is 3. The van der Waals surface area contributed by atoms with Crippen molar-refractivity contribution in [3.8, 4) is 5.75 Å². The van der Waals surface area contributed by atoms with E-state index in [4.69, 9.17) is 5.73 Å². The quantitative estimate of drug-likeness (QED) is 0.725. The first-order chi connectivity index (χ1) is 10.6. The van der Waals surface area contributed by atoms with Crippen LogP contribution < -0.4 is 5.73 Å². The molecule has 4 nitrogen and oxygen atoms in total. The van der Waals surface area contributed by atoms with Crippen molar-refractivity contribution >= 4 is 28.6 Å². The van der Waals surface area contributed by atoms with Crippen LogP contribution in [0.25, 0.3) is 10.8 Å². The molecule has 0 heterocycles. The average Bonchev–Trinajstić information content (AvgIpc) is 2.53. The Labute approximate surface area is 127 Å². The molecular formula is C18H14N2O2. The molecule has 0 aliphatic heterocycles. The SMILES string of the molecule is NC(=O)c1ccccc1N=Cc1cc2ccccc2cc1O. The maximum Gasteiger partial charge on any atom is 0.250 e. The number of hydrogen-bond acceptors (Lipinski definition) is 3. The summed E-state index contributed by atoms with van der Waals surface area (Å²) in [5.41, 5.74) is 6.73. The number of carbonyl (C=O) groups is 1. The van der Waals surface area contributed by atoms with Gasteiger partial charge in [-0.25, -0.2) is 0 Å². The molecular weight excluding hydrogens is 276 g/mol. The third-order valence-corrected chi connectivity index (χ3v) is 3.41. The van der Waals surface area contributed by atoms with Gasteiger partial charge in [0.05, 0.1) is 11.3 Å². The molecule has 4 heteroatoms. The standard InChI is InChI=1S/C18H14N2O2/c19-18(22)15-7-3-4-8-16(15)20-11-14-9-12-5-1-2-6-13(12)10-17(14)21/h1-11,21H,(H2,19,22). The zero-order chi connectivity index (χ0) is 15.5. The summed E-state index contributed by atoms with van der Waals surface area (Å²) in [6, 6.07) is 18.1. The summed E-state index contributed by atoms with van der Waals surface area (Å²) >= 11 is 0. The minimum atomic E-state index is -0.532. The van der Waals surface area contributed by atoms with E-state index in [-0.39, 0.29) is 5.75 Å².